The van der Waals surface area contributed by atoms with E-state index in [1.165, 1.54) is 6.33 Å². The van der Waals surface area contributed by atoms with Gasteiger partial charge in [0.2, 0.25) is 5.88 Å². The Morgan fingerprint density at radius 2 is 2.28 bits per heavy atom. The predicted octanol–water partition coefficient (Wildman–Crippen LogP) is 1.55. The third kappa shape index (κ3) is 2.86. The maximum Gasteiger partial charge on any atom is 0.267 e. The van der Waals surface area contributed by atoms with Crippen molar-refractivity contribution in [3.05, 3.63) is 45.0 Å². The average Bonchev–Trinajstić information content (AvgIpc) is 2.41. The molecule has 18 heavy (non-hydrogen) atoms. The summed E-state index contributed by atoms with van der Waals surface area (Å²) in [5.74, 6) is 1.06. The first kappa shape index (κ1) is 12.6. The van der Waals surface area contributed by atoms with E-state index >= 15 is 0 Å². The van der Waals surface area contributed by atoms with E-state index in [2.05, 4.69) is 36.2 Å². The minimum Gasteiger partial charge on any atom is -0.481 e. The first-order valence-corrected chi connectivity index (χ1v) is 5.96. The number of ether oxygens (including phenoxy) is 1. The van der Waals surface area contributed by atoms with Gasteiger partial charge < -0.3 is 15.0 Å². The number of anilines is 1. The Kier molecular flexibility index (Phi) is 3.93. The van der Waals surface area contributed by atoms with Crippen LogP contribution in [-0.4, -0.2) is 22.1 Å². The number of aromatic nitrogens is 3. The van der Waals surface area contributed by atoms with Crippen LogP contribution in [0.3, 0.4) is 0 Å². The zero-order valence-corrected chi connectivity index (χ0v) is 11.2. The number of halogens is 1. The highest BCUT2D eigenvalue weighted by Crippen LogP contribution is 2.14. The molecule has 0 aliphatic carbocycles. The molecule has 6 nitrogen and oxygen atoms in total. The lowest BCUT2D eigenvalue weighted by atomic mass is 10.3. The van der Waals surface area contributed by atoms with Crippen molar-refractivity contribution in [3.63, 3.8) is 0 Å². The van der Waals surface area contributed by atoms with E-state index in [-0.39, 0.29) is 5.56 Å². The normalized spacial score (nSPS) is 10.1. The SMILES string of the molecule is COc1ccc(CNc2nc[nH]c(=O)c2Br)cn1. The maximum atomic E-state index is 11.3. The molecule has 0 aliphatic heterocycles. The summed E-state index contributed by atoms with van der Waals surface area (Å²) in [6.45, 7) is 0.520. The fourth-order valence-corrected chi connectivity index (χ4v) is 1.69. The van der Waals surface area contributed by atoms with Gasteiger partial charge in [-0.2, -0.15) is 0 Å². The molecule has 0 radical (unpaired) electrons. The van der Waals surface area contributed by atoms with E-state index in [4.69, 9.17) is 4.74 Å². The predicted molar refractivity (Wildman–Crippen MR) is 70.7 cm³/mol. The van der Waals surface area contributed by atoms with Crippen LogP contribution in [-0.2, 0) is 6.54 Å². The van der Waals surface area contributed by atoms with Crippen molar-refractivity contribution >= 4 is 21.7 Å². The van der Waals surface area contributed by atoms with Crippen LogP contribution >= 0.6 is 15.9 Å². The van der Waals surface area contributed by atoms with Crippen molar-refractivity contribution < 1.29 is 4.74 Å². The maximum absolute atomic E-state index is 11.3. The largest absolute Gasteiger partial charge is 0.481 e. The average molecular weight is 311 g/mol. The smallest absolute Gasteiger partial charge is 0.267 e. The summed E-state index contributed by atoms with van der Waals surface area (Å²) in [6.07, 6.45) is 3.05. The summed E-state index contributed by atoms with van der Waals surface area (Å²) in [6, 6.07) is 3.66. The fourth-order valence-electron chi connectivity index (χ4n) is 1.33. The lowest BCUT2D eigenvalue weighted by Gasteiger charge is -2.06. The zero-order valence-electron chi connectivity index (χ0n) is 9.61. The van der Waals surface area contributed by atoms with Crippen molar-refractivity contribution in [3.8, 4) is 5.88 Å². The molecule has 0 aromatic carbocycles. The van der Waals surface area contributed by atoms with Gasteiger partial charge >= 0.3 is 0 Å². The Hall–Kier alpha value is -1.89. The number of hydrogen-bond acceptors (Lipinski definition) is 5. The summed E-state index contributed by atoms with van der Waals surface area (Å²) >= 11 is 3.17. The van der Waals surface area contributed by atoms with Crippen molar-refractivity contribution in [1.82, 2.24) is 15.0 Å². The van der Waals surface area contributed by atoms with Gasteiger partial charge in [-0.15, -0.1) is 0 Å². The van der Waals surface area contributed by atoms with Crippen molar-refractivity contribution in [2.75, 3.05) is 12.4 Å². The Balaban J connectivity index is 2.06. The summed E-state index contributed by atoms with van der Waals surface area (Å²) in [5, 5.41) is 3.05. The third-order valence-electron chi connectivity index (χ3n) is 2.26. The number of aromatic amines is 1. The summed E-state index contributed by atoms with van der Waals surface area (Å²) in [5.41, 5.74) is 0.741. The Labute approximate surface area is 112 Å². The summed E-state index contributed by atoms with van der Waals surface area (Å²) in [7, 11) is 1.57. The van der Waals surface area contributed by atoms with E-state index in [9.17, 15) is 4.79 Å². The Morgan fingerprint density at radius 1 is 1.44 bits per heavy atom. The lowest BCUT2D eigenvalue weighted by molar-refractivity contribution is 0.397. The lowest BCUT2D eigenvalue weighted by Crippen LogP contribution is -2.12. The van der Waals surface area contributed by atoms with Gasteiger partial charge in [-0.3, -0.25) is 4.79 Å². The number of pyridine rings is 1. The molecule has 0 amide bonds. The molecule has 7 heteroatoms. The Bertz CT molecular complexity index is 582. The molecule has 2 N–H and O–H groups in total. The number of nitrogens with one attached hydrogen (secondary N) is 2. The number of rotatable bonds is 4. The molecular weight excluding hydrogens is 300 g/mol. The molecule has 0 saturated carbocycles. The molecule has 2 aromatic rings. The molecule has 0 spiro atoms. The van der Waals surface area contributed by atoms with Crippen LogP contribution < -0.4 is 15.6 Å². The number of H-pyrrole nitrogens is 1. The second kappa shape index (κ2) is 5.63. The fraction of sp³-hybridized carbons (Fsp3) is 0.182. The van der Waals surface area contributed by atoms with Crippen LogP contribution in [0.15, 0.2) is 33.9 Å². The van der Waals surface area contributed by atoms with Crippen molar-refractivity contribution in [2.24, 2.45) is 0 Å². The molecular formula is C11H11BrN4O2. The van der Waals surface area contributed by atoms with Gasteiger partial charge in [-0.1, -0.05) is 6.07 Å². The van der Waals surface area contributed by atoms with E-state index in [0.29, 0.717) is 22.7 Å². The van der Waals surface area contributed by atoms with Gasteiger partial charge in [0, 0.05) is 18.8 Å². The van der Waals surface area contributed by atoms with Gasteiger partial charge in [-0.25, -0.2) is 9.97 Å². The van der Waals surface area contributed by atoms with Crippen LogP contribution in [0.2, 0.25) is 0 Å². The third-order valence-corrected chi connectivity index (χ3v) is 3.00. The quantitative estimate of drug-likeness (QED) is 0.895. The molecule has 0 saturated heterocycles. The van der Waals surface area contributed by atoms with Crippen LogP contribution in [0, 0.1) is 0 Å². The van der Waals surface area contributed by atoms with Gasteiger partial charge in [0.05, 0.1) is 13.4 Å². The first-order chi connectivity index (χ1) is 8.70. The van der Waals surface area contributed by atoms with E-state index in [1.807, 2.05) is 6.07 Å². The zero-order chi connectivity index (χ0) is 13.0. The monoisotopic (exact) mass is 310 g/mol. The van der Waals surface area contributed by atoms with Crippen LogP contribution in [0.25, 0.3) is 0 Å². The molecule has 0 atom stereocenters. The van der Waals surface area contributed by atoms with Crippen molar-refractivity contribution in [2.45, 2.75) is 6.54 Å². The van der Waals surface area contributed by atoms with Crippen LogP contribution in [0.1, 0.15) is 5.56 Å². The number of nitrogens with zero attached hydrogens (tertiary/aromatic N) is 2. The van der Waals surface area contributed by atoms with E-state index in [0.717, 1.165) is 5.56 Å². The summed E-state index contributed by atoms with van der Waals surface area (Å²) < 4.78 is 5.35. The molecule has 2 heterocycles. The van der Waals surface area contributed by atoms with Gasteiger partial charge in [0.1, 0.15) is 10.3 Å². The van der Waals surface area contributed by atoms with E-state index in [1.54, 1.807) is 19.4 Å². The molecule has 2 aromatic heterocycles. The number of hydrogen-bond donors (Lipinski definition) is 2. The molecule has 0 fully saturated rings. The van der Waals surface area contributed by atoms with Crippen molar-refractivity contribution in [1.29, 1.82) is 0 Å². The van der Waals surface area contributed by atoms with Gasteiger partial charge in [0.25, 0.3) is 5.56 Å². The highest BCUT2D eigenvalue weighted by atomic mass is 79.9. The molecule has 2 rings (SSSR count). The molecule has 0 unspecified atom stereocenters. The highest BCUT2D eigenvalue weighted by molar-refractivity contribution is 9.10. The minimum atomic E-state index is -0.222. The van der Waals surface area contributed by atoms with Gasteiger partial charge in [-0.05, 0) is 21.5 Å². The molecule has 0 aliphatic rings. The minimum absolute atomic E-state index is 0.222. The van der Waals surface area contributed by atoms with E-state index < -0.39 is 0 Å². The Morgan fingerprint density at radius 3 is 2.94 bits per heavy atom. The van der Waals surface area contributed by atoms with Gasteiger partial charge in [0.15, 0.2) is 0 Å². The van der Waals surface area contributed by atoms with Crippen LogP contribution in [0.5, 0.6) is 5.88 Å². The number of methoxy groups -OCH3 is 1. The summed E-state index contributed by atoms with van der Waals surface area (Å²) in [4.78, 5) is 21.9. The topological polar surface area (TPSA) is 79.9 Å². The molecule has 0 bridgehead atoms. The van der Waals surface area contributed by atoms with Crippen LogP contribution in [0.4, 0.5) is 5.82 Å². The molecule has 94 valence electrons. The second-order valence-corrected chi connectivity index (χ2v) is 4.25. The standard InChI is InChI=1S/C11H11BrN4O2/c1-18-8-3-2-7(4-13-8)5-14-10-9(12)11(17)16-6-15-10/h2-4,6H,5H2,1H3,(H2,14,15,16,17). The first-order valence-electron chi connectivity index (χ1n) is 5.16. The second-order valence-electron chi connectivity index (χ2n) is 3.46. The highest BCUT2D eigenvalue weighted by Gasteiger charge is 2.04.